The standard InChI is InChI=1S/C17H24F3N3O.2ClH/c1-12(21)9-16(24)22-15-5-7-23(8-6-15)11-13-3-2-4-14(10-13)17(18,19)20;;/h2-4,10,12,15H,5-9,11,21H2,1H3,(H,22,24);2*1H. The lowest BCUT2D eigenvalue weighted by Crippen LogP contribution is -2.45. The van der Waals surface area contributed by atoms with E-state index in [9.17, 15) is 18.0 Å². The van der Waals surface area contributed by atoms with Crippen molar-refractivity contribution in [3.05, 3.63) is 35.4 Å². The number of carbonyl (C=O) groups excluding carboxylic acids is 1. The van der Waals surface area contributed by atoms with Crippen LogP contribution in [0.1, 0.15) is 37.3 Å². The number of nitrogens with one attached hydrogen (secondary N) is 1. The van der Waals surface area contributed by atoms with Crippen LogP contribution in [0.4, 0.5) is 13.2 Å². The van der Waals surface area contributed by atoms with Crippen molar-refractivity contribution < 1.29 is 18.0 Å². The highest BCUT2D eigenvalue weighted by molar-refractivity contribution is 5.85. The lowest BCUT2D eigenvalue weighted by Gasteiger charge is -2.32. The number of likely N-dealkylation sites (tertiary alicyclic amines) is 1. The zero-order valence-electron chi connectivity index (χ0n) is 14.6. The molecule has 26 heavy (non-hydrogen) atoms. The first-order valence-electron chi connectivity index (χ1n) is 8.17. The second-order valence-electron chi connectivity index (χ2n) is 6.50. The molecule has 9 heteroatoms. The van der Waals surface area contributed by atoms with Gasteiger partial charge in [-0.3, -0.25) is 9.69 Å². The molecule has 0 saturated carbocycles. The monoisotopic (exact) mass is 415 g/mol. The van der Waals surface area contributed by atoms with Gasteiger partial charge in [-0.25, -0.2) is 0 Å². The fourth-order valence-electron chi connectivity index (χ4n) is 2.92. The van der Waals surface area contributed by atoms with Gasteiger partial charge in [0.15, 0.2) is 0 Å². The van der Waals surface area contributed by atoms with E-state index < -0.39 is 11.7 Å². The van der Waals surface area contributed by atoms with Gasteiger partial charge in [0.25, 0.3) is 0 Å². The number of hydrogen-bond donors (Lipinski definition) is 2. The van der Waals surface area contributed by atoms with E-state index in [1.165, 1.54) is 12.1 Å². The Kier molecular flexibility index (Phi) is 10.5. The molecule has 1 aliphatic heterocycles. The molecule has 1 saturated heterocycles. The fraction of sp³-hybridized carbons (Fsp3) is 0.588. The van der Waals surface area contributed by atoms with Crippen molar-refractivity contribution in [1.29, 1.82) is 0 Å². The summed E-state index contributed by atoms with van der Waals surface area (Å²) in [5, 5.41) is 2.97. The van der Waals surface area contributed by atoms with E-state index in [0.717, 1.165) is 32.0 Å². The summed E-state index contributed by atoms with van der Waals surface area (Å²) in [6, 6.07) is 5.41. The quantitative estimate of drug-likeness (QED) is 0.774. The second kappa shape index (κ2) is 11.0. The van der Waals surface area contributed by atoms with Crippen molar-refractivity contribution in [2.45, 2.75) is 51.0 Å². The van der Waals surface area contributed by atoms with Gasteiger partial charge in [-0.2, -0.15) is 13.2 Å². The number of nitrogens with two attached hydrogens (primary N) is 1. The van der Waals surface area contributed by atoms with E-state index in [4.69, 9.17) is 5.73 Å². The number of alkyl halides is 3. The van der Waals surface area contributed by atoms with Crippen molar-refractivity contribution in [3.63, 3.8) is 0 Å². The smallest absolute Gasteiger partial charge is 0.353 e. The van der Waals surface area contributed by atoms with E-state index in [1.54, 1.807) is 13.0 Å². The molecule has 1 heterocycles. The molecule has 1 atom stereocenters. The number of hydrogen-bond acceptors (Lipinski definition) is 3. The maximum absolute atomic E-state index is 12.7. The summed E-state index contributed by atoms with van der Waals surface area (Å²) in [6.07, 6.45) is -2.41. The molecule has 1 amide bonds. The van der Waals surface area contributed by atoms with Gasteiger partial charge in [-0.1, -0.05) is 18.2 Å². The van der Waals surface area contributed by atoms with E-state index in [1.807, 2.05) is 0 Å². The summed E-state index contributed by atoms with van der Waals surface area (Å²) in [4.78, 5) is 13.8. The lowest BCUT2D eigenvalue weighted by molar-refractivity contribution is -0.137. The molecule has 1 aliphatic rings. The molecule has 0 spiro atoms. The molecule has 150 valence electrons. The van der Waals surface area contributed by atoms with Crippen LogP contribution < -0.4 is 11.1 Å². The Morgan fingerprint density at radius 1 is 1.31 bits per heavy atom. The fourth-order valence-corrected chi connectivity index (χ4v) is 2.92. The molecule has 0 radical (unpaired) electrons. The Morgan fingerprint density at radius 3 is 2.46 bits per heavy atom. The normalized spacial score (nSPS) is 17.0. The average molecular weight is 416 g/mol. The van der Waals surface area contributed by atoms with Crippen molar-refractivity contribution in [2.24, 2.45) is 5.73 Å². The van der Waals surface area contributed by atoms with Gasteiger partial charge in [0.1, 0.15) is 0 Å². The zero-order chi connectivity index (χ0) is 17.7. The van der Waals surface area contributed by atoms with Crippen LogP contribution in [-0.4, -0.2) is 36.0 Å². The van der Waals surface area contributed by atoms with Crippen molar-refractivity contribution in [1.82, 2.24) is 10.2 Å². The Hall–Kier alpha value is -1.02. The van der Waals surface area contributed by atoms with Gasteiger partial charge in [-0.15, -0.1) is 24.8 Å². The predicted octanol–water partition coefficient (Wildman–Crippen LogP) is 3.37. The number of halogens is 5. The van der Waals surface area contributed by atoms with E-state index in [-0.39, 0.29) is 42.8 Å². The van der Waals surface area contributed by atoms with Gasteiger partial charge < -0.3 is 11.1 Å². The molecule has 1 aromatic rings. The third-order valence-electron chi connectivity index (χ3n) is 4.12. The highest BCUT2D eigenvalue weighted by Crippen LogP contribution is 2.30. The maximum Gasteiger partial charge on any atom is 0.416 e. The number of carbonyl (C=O) groups is 1. The third-order valence-corrected chi connectivity index (χ3v) is 4.12. The highest BCUT2D eigenvalue weighted by Gasteiger charge is 2.30. The van der Waals surface area contributed by atoms with Crippen molar-refractivity contribution >= 4 is 30.7 Å². The SMILES string of the molecule is CC(N)CC(=O)NC1CCN(Cc2cccc(C(F)(F)F)c2)CC1.Cl.Cl. The first kappa shape index (κ1) is 25.0. The molecule has 1 fully saturated rings. The molecule has 4 nitrogen and oxygen atoms in total. The van der Waals surface area contributed by atoms with Crippen molar-refractivity contribution in [3.8, 4) is 0 Å². The Balaban J connectivity index is 0.00000312. The molecule has 0 aromatic heterocycles. The number of nitrogens with zero attached hydrogens (tertiary/aromatic N) is 1. The van der Waals surface area contributed by atoms with Crippen LogP contribution in [0.3, 0.4) is 0 Å². The van der Waals surface area contributed by atoms with Crippen LogP contribution in [0.5, 0.6) is 0 Å². The zero-order valence-corrected chi connectivity index (χ0v) is 16.2. The largest absolute Gasteiger partial charge is 0.416 e. The molecule has 3 N–H and O–H groups in total. The highest BCUT2D eigenvalue weighted by atomic mass is 35.5. The van der Waals surface area contributed by atoms with Gasteiger partial charge in [0, 0.05) is 38.1 Å². The molecule has 1 aromatic carbocycles. The number of amides is 1. The van der Waals surface area contributed by atoms with Gasteiger partial charge in [0.05, 0.1) is 5.56 Å². The molecular weight excluding hydrogens is 390 g/mol. The summed E-state index contributed by atoms with van der Waals surface area (Å²) in [5.41, 5.74) is 5.64. The van der Waals surface area contributed by atoms with E-state index in [2.05, 4.69) is 10.2 Å². The molecular formula is C17H26Cl2F3N3O. The number of rotatable bonds is 5. The van der Waals surface area contributed by atoms with Crippen LogP contribution in [0.25, 0.3) is 0 Å². The minimum Gasteiger partial charge on any atom is -0.353 e. The summed E-state index contributed by atoms with van der Waals surface area (Å²) >= 11 is 0. The van der Waals surface area contributed by atoms with Crippen LogP contribution in [-0.2, 0) is 17.5 Å². The third kappa shape index (κ3) is 8.12. The van der Waals surface area contributed by atoms with E-state index in [0.29, 0.717) is 18.5 Å². The second-order valence-corrected chi connectivity index (χ2v) is 6.50. The van der Waals surface area contributed by atoms with Crippen LogP contribution in [0.15, 0.2) is 24.3 Å². The Morgan fingerprint density at radius 2 is 1.92 bits per heavy atom. The predicted molar refractivity (Wildman–Crippen MR) is 101 cm³/mol. The number of benzene rings is 1. The van der Waals surface area contributed by atoms with Crippen LogP contribution >= 0.6 is 24.8 Å². The topological polar surface area (TPSA) is 58.4 Å². The minimum atomic E-state index is -4.31. The molecule has 0 bridgehead atoms. The summed E-state index contributed by atoms with van der Waals surface area (Å²) < 4.78 is 38.2. The van der Waals surface area contributed by atoms with Crippen molar-refractivity contribution in [2.75, 3.05) is 13.1 Å². The molecule has 2 rings (SSSR count). The lowest BCUT2D eigenvalue weighted by atomic mass is 10.0. The molecule has 1 unspecified atom stereocenters. The molecule has 0 aliphatic carbocycles. The first-order valence-corrected chi connectivity index (χ1v) is 8.17. The Labute approximate surface area is 164 Å². The average Bonchev–Trinajstić information content (AvgIpc) is 2.48. The summed E-state index contributed by atoms with van der Waals surface area (Å²) in [5.74, 6) is -0.0404. The Bertz CT molecular complexity index is 562. The minimum absolute atomic E-state index is 0. The van der Waals surface area contributed by atoms with Gasteiger partial charge >= 0.3 is 6.18 Å². The van der Waals surface area contributed by atoms with E-state index >= 15 is 0 Å². The number of piperidine rings is 1. The summed E-state index contributed by atoms with van der Waals surface area (Å²) in [7, 11) is 0. The van der Waals surface area contributed by atoms with Crippen LogP contribution in [0, 0.1) is 0 Å². The first-order chi connectivity index (χ1) is 11.2. The maximum atomic E-state index is 12.7. The van der Waals surface area contributed by atoms with Crippen LogP contribution in [0.2, 0.25) is 0 Å². The van der Waals surface area contributed by atoms with Gasteiger partial charge in [0.2, 0.25) is 5.91 Å². The van der Waals surface area contributed by atoms with Gasteiger partial charge in [-0.05, 0) is 31.4 Å². The summed E-state index contributed by atoms with van der Waals surface area (Å²) in [6.45, 7) is 3.78.